The Morgan fingerprint density at radius 3 is 1.43 bits per heavy atom. The summed E-state index contributed by atoms with van der Waals surface area (Å²) in [4.78, 5) is 0. The van der Waals surface area contributed by atoms with Gasteiger partial charge in [-0.1, -0.05) is 20.8 Å². The van der Waals surface area contributed by atoms with Crippen molar-refractivity contribution in [3.8, 4) is 0 Å². The van der Waals surface area contributed by atoms with Gasteiger partial charge < -0.3 is 0 Å². The molecule has 0 aromatic carbocycles. The van der Waals surface area contributed by atoms with Gasteiger partial charge in [0.15, 0.2) is 0 Å². The quantitative estimate of drug-likeness (QED) is 0.426. The molecule has 0 nitrogen and oxygen atoms in total. The molecule has 42 valence electrons. The third-order valence-corrected chi connectivity index (χ3v) is 1.88. The fourth-order valence-corrected chi connectivity index (χ4v) is 0. The summed E-state index contributed by atoms with van der Waals surface area (Å²) in [5.74, 6) is 0. The molecule has 0 saturated carbocycles. The monoisotopic (exact) mass is 116 g/mol. The van der Waals surface area contributed by atoms with Crippen molar-refractivity contribution in [1.82, 2.24) is 0 Å². The number of hydrogen-bond donors (Lipinski definition) is 0. The van der Waals surface area contributed by atoms with Gasteiger partial charge in [-0.3, -0.25) is 0 Å². The summed E-state index contributed by atoms with van der Waals surface area (Å²) in [5.41, 5.74) is 0.330. The predicted molar refractivity (Wildman–Crippen MR) is 38.5 cm³/mol. The first kappa shape index (κ1) is 7.17. The van der Waals surface area contributed by atoms with Crippen LogP contribution in [0, 0.1) is 5.41 Å². The van der Waals surface area contributed by atoms with Crippen LogP contribution in [0.25, 0.3) is 0 Å². The molecule has 0 fully saturated rings. The highest BCUT2D eigenvalue weighted by Crippen LogP contribution is 2.15. The number of hydrogen-bond acceptors (Lipinski definition) is 0. The number of rotatable bonds is 0. The molecule has 0 unspecified atom stereocenters. The first-order chi connectivity index (χ1) is 2.94. The molecule has 0 bridgehead atoms. The van der Waals surface area contributed by atoms with Gasteiger partial charge in [0, 0.05) is 0 Å². The van der Waals surface area contributed by atoms with Crippen molar-refractivity contribution < 1.29 is 0 Å². The van der Waals surface area contributed by atoms with E-state index in [1.165, 1.54) is 5.29 Å². The molecule has 1 heteroatoms. The van der Waals surface area contributed by atoms with Gasteiger partial charge in [-0.05, 0) is 17.6 Å². The second-order valence-electron chi connectivity index (χ2n) is 2.88. The molecular formula is C6H13P. The molecule has 0 spiro atoms. The zero-order valence-corrected chi connectivity index (χ0v) is 6.50. The van der Waals surface area contributed by atoms with Crippen molar-refractivity contribution in [3.63, 3.8) is 0 Å². The largest absolute Gasteiger partial charge is 0.123 e. The Hall–Kier alpha value is 0.170. The lowest BCUT2D eigenvalue weighted by atomic mass is 9.93. The molecule has 0 atom stereocenters. The standard InChI is InChI=1S/C6H13P/c1-5(7)6(2,3)4/h7H,1-4H3. The van der Waals surface area contributed by atoms with Crippen LogP contribution in [0.5, 0.6) is 0 Å². The van der Waals surface area contributed by atoms with E-state index in [9.17, 15) is 0 Å². The highest BCUT2D eigenvalue weighted by molar-refractivity contribution is 7.21. The summed E-state index contributed by atoms with van der Waals surface area (Å²) in [6, 6.07) is 0. The van der Waals surface area contributed by atoms with Crippen LogP contribution in [-0.4, -0.2) is 5.29 Å². The molecule has 0 aliphatic rings. The van der Waals surface area contributed by atoms with Gasteiger partial charge >= 0.3 is 0 Å². The summed E-state index contributed by atoms with van der Waals surface area (Å²) >= 11 is 0. The lowest BCUT2D eigenvalue weighted by molar-refractivity contribution is 0.598. The molecule has 0 N–H and O–H groups in total. The van der Waals surface area contributed by atoms with Crippen molar-refractivity contribution in [2.24, 2.45) is 5.41 Å². The van der Waals surface area contributed by atoms with Crippen LogP contribution in [0.4, 0.5) is 0 Å². The average Bonchev–Trinajstić information content (AvgIpc) is 1.31. The maximum Gasteiger partial charge on any atom is -0.0135 e. The second-order valence-corrected chi connectivity index (χ2v) is 3.62. The van der Waals surface area contributed by atoms with Gasteiger partial charge in [0.1, 0.15) is 0 Å². The first-order valence-electron chi connectivity index (χ1n) is 2.50. The summed E-state index contributed by atoms with van der Waals surface area (Å²) in [5, 5.41) is 1.30. The molecule has 0 heterocycles. The van der Waals surface area contributed by atoms with E-state index < -0.39 is 0 Å². The van der Waals surface area contributed by atoms with E-state index in [0.717, 1.165) is 0 Å². The fourth-order valence-electron chi connectivity index (χ4n) is 0. The van der Waals surface area contributed by atoms with E-state index in [4.69, 9.17) is 0 Å². The Balaban J connectivity index is 3.79. The van der Waals surface area contributed by atoms with Crippen LogP contribution in [0.15, 0.2) is 0 Å². The van der Waals surface area contributed by atoms with Gasteiger partial charge in [-0.25, -0.2) is 0 Å². The van der Waals surface area contributed by atoms with Crippen LogP contribution < -0.4 is 0 Å². The highest BCUT2D eigenvalue weighted by atomic mass is 31.0. The molecule has 0 aromatic heterocycles. The van der Waals surface area contributed by atoms with E-state index >= 15 is 0 Å². The van der Waals surface area contributed by atoms with Crippen LogP contribution in [0.1, 0.15) is 27.7 Å². The van der Waals surface area contributed by atoms with E-state index in [2.05, 4.69) is 36.6 Å². The zero-order valence-electron chi connectivity index (χ0n) is 5.50. The third-order valence-electron chi connectivity index (χ3n) is 1.12. The Kier molecular flexibility index (Phi) is 2.01. The van der Waals surface area contributed by atoms with Crippen LogP contribution in [0.2, 0.25) is 0 Å². The second kappa shape index (κ2) is 1.96. The summed E-state index contributed by atoms with van der Waals surface area (Å²) in [6.07, 6.45) is 0. The van der Waals surface area contributed by atoms with Crippen molar-refractivity contribution in [2.75, 3.05) is 0 Å². The smallest absolute Gasteiger partial charge is 0.0135 e. The zero-order chi connectivity index (χ0) is 6.08. The Morgan fingerprint density at radius 2 is 1.43 bits per heavy atom. The lowest BCUT2D eigenvalue weighted by Crippen LogP contribution is -2.13. The van der Waals surface area contributed by atoms with Gasteiger partial charge in [0.25, 0.3) is 0 Å². The minimum Gasteiger partial charge on any atom is -0.123 e. The van der Waals surface area contributed by atoms with Crippen LogP contribution in [0.3, 0.4) is 0 Å². The first-order valence-corrected chi connectivity index (χ1v) is 3.00. The van der Waals surface area contributed by atoms with Gasteiger partial charge in [-0.2, -0.15) is 0 Å². The van der Waals surface area contributed by atoms with Gasteiger partial charge in [-0.15, -0.1) is 8.86 Å². The van der Waals surface area contributed by atoms with E-state index in [1.807, 2.05) is 0 Å². The SMILES string of the molecule is CC(=P)C(C)(C)C. The van der Waals surface area contributed by atoms with Gasteiger partial charge in [0.05, 0.1) is 0 Å². The fraction of sp³-hybridized carbons (Fsp3) is 0.833. The molecule has 0 radical (unpaired) electrons. The van der Waals surface area contributed by atoms with E-state index in [-0.39, 0.29) is 0 Å². The Morgan fingerprint density at radius 1 is 1.29 bits per heavy atom. The van der Waals surface area contributed by atoms with Crippen LogP contribution in [-0.2, 0) is 0 Å². The maximum atomic E-state index is 3.46. The molecule has 0 saturated heterocycles. The van der Waals surface area contributed by atoms with Gasteiger partial charge in [0.2, 0.25) is 0 Å². The Labute approximate surface area is 48.2 Å². The molecule has 0 aromatic rings. The van der Waals surface area contributed by atoms with Crippen molar-refractivity contribution in [2.45, 2.75) is 27.7 Å². The minimum atomic E-state index is 0.330. The highest BCUT2D eigenvalue weighted by Gasteiger charge is 2.09. The maximum absolute atomic E-state index is 3.46. The lowest BCUT2D eigenvalue weighted by Gasteiger charge is -2.16. The van der Waals surface area contributed by atoms with Crippen LogP contribution >= 0.6 is 8.86 Å². The molecule has 0 rings (SSSR count). The third kappa shape index (κ3) is 2.82. The van der Waals surface area contributed by atoms with Crippen molar-refractivity contribution >= 4 is 14.2 Å². The van der Waals surface area contributed by atoms with Crippen molar-refractivity contribution in [1.29, 1.82) is 0 Å². The minimum absolute atomic E-state index is 0.330. The Bertz CT molecular complexity index is 76.7. The molecule has 7 heavy (non-hydrogen) atoms. The summed E-state index contributed by atoms with van der Waals surface area (Å²) in [7, 11) is 3.46. The van der Waals surface area contributed by atoms with E-state index in [0.29, 0.717) is 5.41 Å². The summed E-state index contributed by atoms with van der Waals surface area (Å²) in [6.45, 7) is 8.61. The van der Waals surface area contributed by atoms with E-state index in [1.54, 1.807) is 0 Å². The molecular weight excluding hydrogens is 103 g/mol. The van der Waals surface area contributed by atoms with Crippen molar-refractivity contribution in [3.05, 3.63) is 0 Å². The predicted octanol–water partition coefficient (Wildman–Crippen LogP) is 2.37. The normalized spacial score (nSPS) is 11.4. The molecule has 0 aliphatic heterocycles. The summed E-state index contributed by atoms with van der Waals surface area (Å²) < 4.78 is 0. The average molecular weight is 116 g/mol. The topological polar surface area (TPSA) is 0 Å². The molecule has 0 aliphatic carbocycles. The molecule has 0 amide bonds.